The Hall–Kier alpha value is -2.70. The highest BCUT2D eigenvalue weighted by molar-refractivity contribution is 5.95. The van der Waals surface area contributed by atoms with Gasteiger partial charge in [0.15, 0.2) is 0 Å². The second-order valence-corrected chi connectivity index (χ2v) is 7.97. The number of benzene rings is 2. The van der Waals surface area contributed by atoms with Crippen molar-refractivity contribution in [3.05, 3.63) is 65.7 Å². The summed E-state index contributed by atoms with van der Waals surface area (Å²) in [5, 5.41) is 2.99. The number of likely N-dealkylation sites (tertiary alicyclic amines) is 1. The molecule has 0 unspecified atom stereocenters. The largest absolute Gasteiger partial charge is 0.351 e. The number of carbonyl (C=O) groups excluding carboxylic acids is 2. The van der Waals surface area contributed by atoms with Crippen LogP contribution in [-0.2, 0) is 16.1 Å². The van der Waals surface area contributed by atoms with Crippen LogP contribution in [-0.4, -0.2) is 48.9 Å². The molecule has 2 fully saturated rings. The fraction of sp³-hybridized carbons (Fsp3) is 0.391. The summed E-state index contributed by atoms with van der Waals surface area (Å²) in [5.74, 6) is 0.457. The summed E-state index contributed by atoms with van der Waals surface area (Å²) in [7, 11) is 0. The first-order valence-corrected chi connectivity index (χ1v) is 10.3. The number of rotatable bonds is 6. The molecule has 0 spiro atoms. The average Bonchev–Trinajstić information content (AvgIpc) is 3.32. The Balaban J connectivity index is 1.25. The van der Waals surface area contributed by atoms with Crippen molar-refractivity contribution >= 4 is 17.5 Å². The lowest BCUT2D eigenvalue weighted by Crippen LogP contribution is -2.37. The molecular weight excluding hydrogens is 364 g/mol. The van der Waals surface area contributed by atoms with Crippen LogP contribution in [0.4, 0.5) is 5.69 Å². The molecule has 6 heteroatoms. The van der Waals surface area contributed by atoms with Crippen LogP contribution in [0.5, 0.6) is 0 Å². The molecule has 2 aromatic rings. The zero-order chi connectivity index (χ0) is 20.2. The second kappa shape index (κ2) is 8.76. The third-order valence-electron chi connectivity index (χ3n) is 5.85. The molecule has 2 amide bonds. The van der Waals surface area contributed by atoms with Gasteiger partial charge in [-0.2, -0.15) is 0 Å². The molecule has 0 bridgehead atoms. The van der Waals surface area contributed by atoms with Crippen molar-refractivity contribution in [1.29, 1.82) is 0 Å². The number of anilines is 1. The van der Waals surface area contributed by atoms with E-state index < -0.39 is 0 Å². The summed E-state index contributed by atoms with van der Waals surface area (Å²) in [6, 6.07) is 18.2. The molecule has 2 saturated heterocycles. The zero-order valence-electron chi connectivity index (χ0n) is 16.6. The van der Waals surface area contributed by atoms with Crippen LogP contribution in [0.3, 0.4) is 0 Å². The van der Waals surface area contributed by atoms with Gasteiger partial charge >= 0.3 is 0 Å². The lowest BCUT2D eigenvalue weighted by Gasteiger charge is -2.17. The summed E-state index contributed by atoms with van der Waals surface area (Å²) in [4.78, 5) is 28.2. The van der Waals surface area contributed by atoms with Crippen molar-refractivity contribution in [2.45, 2.75) is 31.3 Å². The molecule has 3 N–H and O–H groups in total. The first-order chi connectivity index (χ1) is 14.1. The van der Waals surface area contributed by atoms with Gasteiger partial charge in [0.25, 0.3) is 0 Å². The summed E-state index contributed by atoms with van der Waals surface area (Å²) in [6.45, 7) is 3.16. The lowest BCUT2D eigenvalue weighted by atomic mass is 9.95. The summed E-state index contributed by atoms with van der Waals surface area (Å²) in [5.41, 5.74) is 9.51. The van der Waals surface area contributed by atoms with Crippen molar-refractivity contribution < 1.29 is 9.59 Å². The highest BCUT2D eigenvalue weighted by Crippen LogP contribution is 2.26. The van der Waals surface area contributed by atoms with Gasteiger partial charge in [-0.15, -0.1) is 0 Å². The monoisotopic (exact) mass is 392 g/mol. The molecule has 2 heterocycles. The topological polar surface area (TPSA) is 78.7 Å². The van der Waals surface area contributed by atoms with E-state index in [0.29, 0.717) is 19.5 Å². The molecule has 152 valence electrons. The molecule has 2 aromatic carbocycles. The third kappa shape index (κ3) is 4.66. The van der Waals surface area contributed by atoms with E-state index in [2.05, 4.69) is 22.3 Å². The summed E-state index contributed by atoms with van der Waals surface area (Å²) in [6.07, 6.45) is 1.55. The van der Waals surface area contributed by atoms with Crippen LogP contribution in [0.1, 0.15) is 29.9 Å². The third-order valence-corrected chi connectivity index (χ3v) is 5.85. The Morgan fingerprint density at radius 1 is 1.07 bits per heavy atom. The fourth-order valence-corrected chi connectivity index (χ4v) is 4.27. The van der Waals surface area contributed by atoms with Gasteiger partial charge in [-0.05, 0) is 29.7 Å². The number of hydrogen-bond donors (Lipinski definition) is 2. The highest BCUT2D eigenvalue weighted by atomic mass is 16.2. The van der Waals surface area contributed by atoms with Gasteiger partial charge in [0.1, 0.15) is 0 Å². The van der Waals surface area contributed by atoms with Gasteiger partial charge < -0.3 is 16.0 Å². The van der Waals surface area contributed by atoms with E-state index in [0.717, 1.165) is 37.3 Å². The van der Waals surface area contributed by atoms with E-state index in [4.69, 9.17) is 5.73 Å². The predicted molar refractivity (Wildman–Crippen MR) is 113 cm³/mol. The minimum atomic E-state index is 0.00436. The van der Waals surface area contributed by atoms with Crippen LogP contribution in [0.15, 0.2) is 54.6 Å². The zero-order valence-corrected chi connectivity index (χ0v) is 16.6. The Bertz CT molecular complexity index is 853. The molecule has 2 atom stereocenters. The average molecular weight is 393 g/mol. The van der Waals surface area contributed by atoms with Gasteiger partial charge in [0.05, 0.1) is 6.54 Å². The molecule has 0 radical (unpaired) electrons. The van der Waals surface area contributed by atoms with Crippen LogP contribution >= 0.6 is 0 Å². The van der Waals surface area contributed by atoms with E-state index in [1.807, 2.05) is 47.4 Å². The normalized spacial score (nSPS) is 22.2. The molecule has 0 aliphatic carbocycles. The van der Waals surface area contributed by atoms with Gasteiger partial charge in [0, 0.05) is 50.2 Å². The van der Waals surface area contributed by atoms with E-state index in [1.165, 1.54) is 5.56 Å². The summed E-state index contributed by atoms with van der Waals surface area (Å²) >= 11 is 0. The van der Waals surface area contributed by atoms with Crippen molar-refractivity contribution in [3.63, 3.8) is 0 Å². The van der Waals surface area contributed by atoms with Crippen molar-refractivity contribution in [3.8, 4) is 0 Å². The summed E-state index contributed by atoms with van der Waals surface area (Å²) < 4.78 is 0. The Kier molecular flexibility index (Phi) is 5.92. The van der Waals surface area contributed by atoms with Crippen LogP contribution in [0.2, 0.25) is 0 Å². The highest BCUT2D eigenvalue weighted by Gasteiger charge is 2.31. The maximum atomic E-state index is 12.4. The SMILES string of the molecule is N[C@@H]1CN(CC(=O)NCc2ccc(N3CCCC3=O)cc2)C[C@H]1c1ccccc1. The Morgan fingerprint density at radius 2 is 1.83 bits per heavy atom. The standard InChI is InChI=1S/C23H28N4O2/c24-21-15-26(14-20(21)18-5-2-1-3-6-18)16-22(28)25-13-17-8-10-19(11-9-17)27-12-4-7-23(27)29/h1-3,5-6,8-11,20-21H,4,7,12-16,24H2,(H,25,28)/t20-,21+/m0/s1. The molecule has 29 heavy (non-hydrogen) atoms. The molecule has 4 rings (SSSR count). The number of nitrogens with one attached hydrogen (secondary N) is 1. The second-order valence-electron chi connectivity index (χ2n) is 7.97. The van der Waals surface area contributed by atoms with Crippen LogP contribution < -0.4 is 16.0 Å². The van der Waals surface area contributed by atoms with Crippen molar-refractivity contribution in [2.24, 2.45) is 5.73 Å². The fourth-order valence-electron chi connectivity index (χ4n) is 4.27. The van der Waals surface area contributed by atoms with Crippen molar-refractivity contribution in [2.75, 3.05) is 31.1 Å². The molecular formula is C23H28N4O2. The number of nitrogens with zero attached hydrogens (tertiary/aromatic N) is 2. The molecule has 2 aliphatic rings. The minimum absolute atomic E-state index is 0.00436. The quantitative estimate of drug-likeness (QED) is 0.787. The lowest BCUT2D eigenvalue weighted by molar-refractivity contribution is -0.122. The molecule has 0 saturated carbocycles. The molecule has 0 aromatic heterocycles. The molecule has 2 aliphatic heterocycles. The minimum Gasteiger partial charge on any atom is -0.351 e. The van der Waals surface area contributed by atoms with Gasteiger partial charge in [-0.1, -0.05) is 42.5 Å². The molecule has 6 nitrogen and oxygen atoms in total. The Labute approximate surface area is 171 Å². The maximum absolute atomic E-state index is 12.4. The van der Waals surface area contributed by atoms with Crippen molar-refractivity contribution in [1.82, 2.24) is 10.2 Å². The first-order valence-electron chi connectivity index (χ1n) is 10.3. The van der Waals surface area contributed by atoms with E-state index >= 15 is 0 Å². The van der Waals surface area contributed by atoms with Gasteiger partial charge in [0.2, 0.25) is 11.8 Å². The smallest absolute Gasteiger partial charge is 0.234 e. The van der Waals surface area contributed by atoms with Crippen LogP contribution in [0.25, 0.3) is 0 Å². The number of hydrogen-bond acceptors (Lipinski definition) is 4. The van der Waals surface area contributed by atoms with E-state index in [9.17, 15) is 9.59 Å². The van der Waals surface area contributed by atoms with E-state index in [-0.39, 0.29) is 23.8 Å². The number of carbonyl (C=O) groups is 2. The predicted octanol–water partition coefficient (Wildman–Crippen LogP) is 1.86. The van der Waals surface area contributed by atoms with Gasteiger partial charge in [-0.25, -0.2) is 0 Å². The maximum Gasteiger partial charge on any atom is 0.234 e. The first kappa shape index (κ1) is 19.6. The number of nitrogens with two attached hydrogens (primary N) is 1. The Morgan fingerprint density at radius 3 is 2.52 bits per heavy atom. The van der Waals surface area contributed by atoms with E-state index in [1.54, 1.807) is 0 Å². The number of amides is 2. The van der Waals surface area contributed by atoms with Crippen LogP contribution in [0, 0.1) is 0 Å². The van der Waals surface area contributed by atoms with Gasteiger partial charge in [-0.3, -0.25) is 14.5 Å².